The molecule has 1 fully saturated rings. The van der Waals surface area contributed by atoms with Crippen molar-refractivity contribution in [3.05, 3.63) is 137 Å². The second-order valence-corrected chi connectivity index (χ2v) is 11.4. The summed E-state index contributed by atoms with van der Waals surface area (Å²) in [6.45, 7) is 1.97. The number of para-hydroxylation sites is 2. The molecule has 5 aromatic rings. The van der Waals surface area contributed by atoms with E-state index in [0.29, 0.717) is 17.7 Å². The number of aromatic nitrogens is 1. The fourth-order valence-electron chi connectivity index (χ4n) is 6.54. The summed E-state index contributed by atoms with van der Waals surface area (Å²) in [7, 11) is 0. The number of imide groups is 1. The Balaban J connectivity index is 1.21. The van der Waals surface area contributed by atoms with Gasteiger partial charge in [-0.3, -0.25) is 14.5 Å². The second-order valence-electron chi connectivity index (χ2n) is 11.4. The highest BCUT2D eigenvalue weighted by molar-refractivity contribution is 6.24. The number of amides is 4. The molecule has 2 aliphatic rings. The van der Waals surface area contributed by atoms with Crippen molar-refractivity contribution in [3.63, 3.8) is 0 Å². The molecule has 2 aliphatic heterocycles. The number of hydrogen-bond acceptors (Lipinski definition) is 3. The third kappa shape index (κ3) is 4.67. The lowest BCUT2D eigenvalue weighted by Crippen LogP contribution is -2.44. The first-order chi connectivity index (χ1) is 21.0. The van der Waals surface area contributed by atoms with Crippen LogP contribution < -0.4 is 10.2 Å². The number of aromatic amines is 1. The van der Waals surface area contributed by atoms with Crippen molar-refractivity contribution in [2.45, 2.75) is 44.3 Å². The van der Waals surface area contributed by atoms with Crippen LogP contribution in [0.3, 0.4) is 0 Å². The summed E-state index contributed by atoms with van der Waals surface area (Å²) < 4.78 is 0. The van der Waals surface area contributed by atoms with Gasteiger partial charge in [0, 0.05) is 29.1 Å². The van der Waals surface area contributed by atoms with Crippen molar-refractivity contribution >= 4 is 34.4 Å². The number of aryl methyl sites for hydroxylation is 1. The molecule has 4 aromatic carbocycles. The van der Waals surface area contributed by atoms with Crippen molar-refractivity contribution in [2.24, 2.45) is 0 Å². The first kappa shape index (κ1) is 26.7. The molecular weight excluding hydrogens is 536 g/mol. The maximum Gasteiger partial charge on any atom is 0.332 e. The van der Waals surface area contributed by atoms with E-state index in [9.17, 15) is 14.4 Å². The lowest BCUT2D eigenvalue weighted by molar-refractivity contribution is -0.120. The van der Waals surface area contributed by atoms with E-state index in [-0.39, 0.29) is 17.9 Å². The fraction of sp³-hybridized carbons (Fsp3) is 0.194. The summed E-state index contributed by atoms with van der Waals surface area (Å²) in [5.74, 6) is -0.628. The highest BCUT2D eigenvalue weighted by Crippen LogP contribution is 2.45. The molecule has 0 radical (unpaired) electrons. The van der Waals surface area contributed by atoms with Crippen molar-refractivity contribution in [1.82, 2.24) is 15.2 Å². The second kappa shape index (κ2) is 10.9. The highest BCUT2D eigenvalue weighted by atomic mass is 16.2. The van der Waals surface area contributed by atoms with Crippen LogP contribution >= 0.6 is 0 Å². The minimum absolute atomic E-state index is 0.0992. The number of anilines is 1. The van der Waals surface area contributed by atoms with E-state index in [1.165, 1.54) is 10.5 Å². The van der Waals surface area contributed by atoms with Crippen LogP contribution in [0.2, 0.25) is 0 Å². The van der Waals surface area contributed by atoms with Crippen LogP contribution in [0.5, 0.6) is 0 Å². The Hall–Kier alpha value is -5.17. The summed E-state index contributed by atoms with van der Waals surface area (Å²) in [6, 6.07) is 33.2. The largest absolute Gasteiger partial charge is 0.356 e. The molecule has 1 aromatic heterocycles. The average molecular weight is 569 g/mol. The number of nitrogens with zero attached hydrogens (tertiary/aromatic N) is 2. The van der Waals surface area contributed by atoms with E-state index in [2.05, 4.69) is 28.5 Å². The lowest BCUT2D eigenvalue weighted by Gasteiger charge is -2.36. The van der Waals surface area contributed by atoms with Gasteiger partial charge in [0.05, 0.1) is 11.3 Å². The number of hydrogen-bond donors (Lipinski definition) is 2. The number of urea groups is 1. The summed E-state index contributed by atoms with van der Waals surface area (Å²) >= 11 is 0. The minimum atomic E-state index is -0.690. The summed E-state index contributed by atoms with van der Waals surface area (Å²) in [5.41, 5.74) is 5.68. The van der Waals surface area contributed by atoms with Crippen LogP contribution in [0.1, 0.15) is 52.1 Å². The number of carbonyl (C=O) groups is 3. The Labute approximate surface area is 250 Å². The van der Waals surface area contributed by atoms with E-state index in [4.69, 9.17) is 0 Å². The van der Waals surface area contributed by atoms with E-state index < -0.39 is 18.1 Å². The van der Waals surface area contributed by atoms with Gasteiger partial charge in [-0.1, -0.05) is 91.0 Å². The minimum Gasteiger partial charge on any atom is -0.356 e. The molecule has 2 N–H and O–H groups in total. The number of carbonyl (C=O) groups excluding carboxylic acids is 3. The van der Waals surface area contributed by atoms with Crippen molar-refractivity contribution < 1.29 is 14.4 Å². The molecule has 0 bridgehead atoms. The number of H-pyrrole nitrogens is 1. The molecule has 43 heavy (non-hydrogen) atoms. The normalized spacial score (nSPS) is 18.4. The van der Waals surface area contributed by atoms with Gasteiger partial charge in [-0.15, -0.1) is 0 Å². The lowest BCUT2D eigenvalue weighted by atomic mass is 9.89. The zero-order valence-electron chi connectivity index (χ0n) is 23.9. The van der Waals surface area contributed by atoms with Gasteiger partial charge >= 0.3 is 6.03 Å². The molecule has 214 valence electrons. The van der Waals surface area contributed by atoms with Gasteiger partial charge < -0.3 is 10.3 Å². The Kier molecular flexibility index (Phi) is 6.78. The molecule has 1 saturated heterocycles. The molecule has 7 nitrogen and oxygen atoms in total. The smallest absolute Gasteiger partial charge is 0.332 e. The first-order valence-electron chi connectivity index (χ1n) is 14.8. The molecule has 3 unspecified atom stereocenters. The fourth-order valence-corrected chi connectivity index (χ4v) is 6.54. The third-order valence-electron chi connectivity index (χ3n) is 8.64. The number of fused-ring (bicyclic) bond motifs is 4. The van der Waals surface area contributed by atoms with Gasteiger partial charge in [-0.2, -0.15) is 0 Å². The van der Waals surface area contributed by atoms with Crippen LogP contribution in [0, 0.1) is 0 Å². The van der Waals surface area contributed by atoms with Crippen molar-refractivity contribution in [1.29, 1.82) is 0 Å². The van der Waals surface area contributed by atoms with E-state index in [0.717, 1.165) is 40.6 Å². The first-order valence-corrected chi connectivity index (χ1v) is 14.8. The molecule has 3 atom stereocenters. The highest BCUT2D eigenvalue weighted by Gasteiger charge is 2.53. The zero-order chi connectivity index (χ0) is 29.5. The Bertz CT molecular complexity index is 1830. The number of benzene rings is 4. The van der Waals surface area contributed by atoms with Crippen LogP contribution in [0.25, 0.3) is 10.9 Å². The quantitative estimate of drug-likeness (QED) is 0.223. The molecule has 0 spiro atoms. The topological polar surface area (TPSA) is 85.5 Å². The van der Waals surface area contributed by atoms with Crippen LogP contribution in [0.15, 0.2) is 109 Å². The van der Waals surface area contributed by atoms with Gasteiger partial charge in [0.1, 0.15) is 12.1 Å². The molecule has 4 amide bonds. The van der Waals surface area contributed by atoms with E-state index in [1.807, 2.05) is 73.7 Å². The Morgan fingerprint density at radius 3 is 2.35 bits per heavy atom. The van der Waals surface area contributed by atoms with Crippen molar-refractivity contribution in [2.75, 3.05) is 4.90 Å². The molecule has 0 aliphatic carbocycles. The predicted molar refractivity (Wildman–Crippen MR) is 167 cm³/mol. The van der Waals surface area contributed by atoms with Gasteiger partial charge in [-0.25, -0.2) is 9.69 Å². The Morgan fingerprint density at radius 2 is 1.56 bits per heavy atom. The molecule has 0 saturated carbocycles. The van der Waals surface area contributed by atoms with E-state index in [1.54, 1.807) is 29.2 Å². The molecule has 7 rings (SSSR count). The maximum absolute atomic E-state index is 14.3. The number of nitrogens with one attached hydrogen (secondary N) is 2. The van der Waals surface area contributed by atoms with Gasteiger partial charge in [0.25, 0.3) is 11.8 Å². The molecular formula is C36H32N4O3. The van der Waals surface area contributed by atoms with Crippen LogP contribution in [0.4, 0.5) is 10.5 Å². The predicted octanol–water partition coefficient (Wildman–Crippen LogP) is 6.40. The standard InChI is InChI=1S/C36H32N4O3/c1-23(20-21-24-12-4-2-5-13-24)37-34(41)27-17-9-11-19-30(27)40-35(42)31-22-28-26-16-8-10-18-29(26)38-32(28)33(39(31)36(40)43)25-14-6-3-7-15-25/h2-19,23,31,33,38H,20-22H2,1H3,(H,37,41). The number of rotatable bonds is 7. The van der Waals surface area contributed by atoms with E-state index >= 15 is 0 Å². The zero-order valence-corrected chi connectivity index (χ0v) is 23.9. The molecule has 3 heterocycles. The van der Waals surface area contributed by atoms with Gasteiger partial charge in [0.2, 0.25) is 0 Å². The third-order valence-corrected chi connectivity index (χ3v) is 8.64. The van der Waals surface area contributed by atoms with Gasteiger partial charge in [0.15, 0.2) is 0 Å². The average Bonchev–Trinajstić information content (AvgIpc) is 3.53. The monoisotopic (exact) mass is 568 g/mol. The van der Waals surface area contributed by atoms with Crippen LogP contribution in [-0.4, -0.2) is 39.8 Å². The van der Waals surface area contributed by atoms with Gasteiger partial charge in [-0.05, 0) is 54.7 Å². The Morgan fingerprint density at radius 1 is 0.884 bits per heavy atom. The summed E-state index contributed by atoms with van der Waals surface area (Å²) in [4.78, 5) is 48.5. The molecule has 7 heteroatoms. The summed E-state index contributed by atoms with van der Waals surface area (Å²) in [5, 5.41) is 4.14. The summed E-state index contributed by atoms with van der Waals surface area (Å²) in [6.07, 6.45) is 1.99. The van der Waals surface area contributed by atoms with Crippen LogP contribution in [-0.2, 0) is 17.6 Å². The van der Waals surface area contributed by atoms with Crippen molar-refractivity contribution in [3.8, 4) is 0 Å². The SMILES string of the molecule is CC(CCc1ccccc1)NC(=O)c1ccccc1N1C(=O)C2Cc3c([nH]c4ccccc34)C(c3ccccc3)N2C1=O. The maximum atomic E-state index is 14.3.